The molecule has 1 saturated heterocycles. The van der Waals surface area contributed by atoms with Gasteiger partial charge in [-0.25, -0.2) is 14.2 Å². The standard InChI is InChI=1S/C21H26FN5O/c1-2-9-26-20-17(24-18(25-20)14-6-4-7-14)19-23-16(12-27(19)21(26)28)11-13-5-3-8-15(22)10-13/h3,5,8,10,14,16,20,23H,2,4,6-7,9,11-12H2,1H3,(H,24,25). The molecule has 28 heavy (non-hydrogen) atoms. The van der Waals surface area contributed by atoms with Crippen LogP contribution in [-0.4, -0.2) is 47.0 Å². The van der Waals surface area contributed by atoms with Gasteiger partial charge in [0.2, 0.25) is 0 Å². The molecule has 0 radical (unpaired) electrons. The fourth-order valence-electron chi connectivity index (χ4n) is 4.54. The first kappa shape index (κ1) is 17.5. The van der Waals surface area contributed by atoms with Gasteiger partial charge in [0.15, 0.2) is 6.17 Å². The molecule has 0 bridgehead atoms. The van der Waals surface area contributed by atoms with Crippen molar-refractivity contribution in [3.8, 4) is 0 Å². The van der Waals surface area contributed by atoms with Crippen molar-refractivity contribution in [2.75, 3.05) is 13.1 Å². The van der Waals surface area contributed by atoms with E-state index >= 15 is 0 Å². The molecular formula is C21H26FN5O. The topological polar surface area (TPSA) is 60.0 Å². The van der Waals surface area contributed by atoms with Crippen molar-refractivity contribution in [2.45, 2.75) is 51.2 Å². The van der Waals surface area contributed by atoms with Crippen molar-refractivity contribution in [3.63, 3.8) is 0 Å². The molecule has 2 amide bonds. The van der Waals surface area contributed by atoms with Gasteiger partial charge < -0.3 is 10.6 Å². The van der Waals surface area contributed by atoms with E-state index < -0.39 is 0 Å². The van der Waals surface area contributed by atoms with Gasteiger partial charge in [0.05, 0.1) is 0 Å². The molecule has 1 saturated carbocycles. The molecule has 0 aromatic heterocycles. The van der Waals surface area contributed by atoms with Crippen LogP contribution in [0.2, 0.25) is 0 Å². The Balaban J connectivity index is 1.42. The summed E-state index contributed by atoms with van der Waals surface area (Å²) in [6, 6.07) is 6.76. The van der Waals surface area contributed by atoms with Gasteiger partial charge in [-0.1, -0.05) is 25.5 Å². The number of carbonyl (C=O) groups excluding carboxylic acids is 1. The van der Waals surface area contributed by atoms with E-state index in [1.54, 1.807) is 12.1 Å². The quantitative estimate of drug-likeness (QED) is 0.822. The number of rotatable bonds is 5. The number of nitrogens with zero attached hydrogens (tertiary/aromatic N) is 3. The Morgan fingerprint density at radius 1 is 1.32 bits per heavy atom. The average Bonchev–Trinajstić information content (AvgIpc) is 3.22. The second-order valence-corrected chi connectivity index (χ2v) is 8.16. The molecule has 2 atom stereocenters. The van der Waals surface area contributed by atoms with Crippen LogP contribution in [0.15, 0.2) is 40.8 Å². The molecule has 1 aromatic carbocycles. The second kappa shape index (κ2) is 6.79. The van der Waals surface area contributed by atoms with Crippen LogP contribution >= 0.6 is 0 Å². The van der Waals surface area contributed by atoms with Crippen LogP contribution in [0.4, 0.5) is 9.18 Å². The summed E-state index contributed by atoms with van der Waals surface area (Å²) in [5, 5.41) is 7.06. The summed E-state index contributed by atoms with van der Waals surface area (Å²) < 4.78 is 13.5. The number of fused-ring (bicyclic) bond motifs is 2. The van der Waals surface area contributed by atoms with E-state index in [0.717, 1.165) is 29.3 Å². The minimum atomic E-state index is -0.241. The fraction of sp³-hybridized carbons (Fsp3) is 0.524. The fourth-order valence-corrected chi connectivity index (χ4v) is 4.54. The number of nitrogens with one attached hydrogen (secondary N) is 2. The van der Waals surface area contributed by atoms with Crippen LogP contribution in [0.25, 0.3) is 0 Å². The van der Waals surface area contributed by atoms with E-state index in [9.17, 15) is 9.18 Å². The molecule has 3 heterocycles. The van der Waals surface area contributed by atoms with E-state index in [-0.39, 0.29) is 24.1 Å². The third-order valence-electron chi connectivity index (χ3n) is 6.15. The zero-order valence-corrected chi connectivity index (χ0v) is 16.1. The molecule has 1 aromatic rings. The van der Waals surface area contributed by atoms with Crippen LogP contribution in [0.1, 0.15) is 38.2 Å². The Morgan fingerprint density at radius 3 is 2.89 bits per heavy atom. The largest absolute Gasteiger partial charge is 0.365 e. The summed E-state index contributed by atoms with van der Waals surface area (Å²) in [4.78, 5) is 21.8. The van der Waals surface area contributed by atoms with E-state index in [2.05, 4.69) is 17.6 Å². The maximum atomic E-state index is 13.5. The van der Waals surface area contributed by atoms with Crippen molar-refractivity contribution >= 4 is 11.9 Å². The molecule has 2 unspecified atom stereocenters. The Morgan fingerprint density at radius 2 is 2.18 bits per heavy atom. The maximum absolute atomic E-state index is 13.5. The molecule has 2 N–H and O–H groups in total. The Bertz CT molecular complexity index is 862. The number of halogens is 1. The first-order chi connectivity index (χ1) is 13.6. The predicted molar refractivity (Wildman–Crippen MR) is 105 cm³/mol. The van der Waals surface area contributed by atoms with Crippen LogP contribution in [-0.2, 0) is 6.42 Å². The molecule has 6 nitrogen and oxygen atoms in total. The maximum Gasteiger partial charge on any atom is 0.327 e. The van der Waals surface area contributed by atoms with E-state index in [1.165, 1.54) is 25.3 Å². The second-order valence-electron chi connectivity index (χ2n) is 8.16. The van der Waals surface area contributed by atoms with Gasteiger partial charge in [0.1, 0.15) is 23.2 Å². The minimum Gasteiger partial charge on any atom is -0.365 e. The summed E-state index contributed by atoms with van der Waals surface area (Å²) in [5.74, 6) is 2.15. The van der Waals surface area contributed by atoms with Gasteiger partial charge in [0, 0.05) is 25.0 Å². The Labute approximate surface area is 164 Å². The lowest BCUT2D eigenvalue weighted by Gasteiger charge is -2.36. The van der Waals surface area contributed by atoms with Crippen molar-refractivity contribution < 1.29 is 9.18 Å². The van der Waals surface area contributed by atoms with Gasteiger partial charge in [0.25, 0.3) is 0 Å². The third kappa shape index (κ3) is 2.84. The number of hydrogen-bond donors (Lipinski definition) is 2. The number of benzene rings is 1. The number of amidine groups is 1. The predicted octanol–water partition coefficient (Wildman–Crippen LogP) is 2.78. The first-order valence-electron chi connectivity index (χ1n) is 10.3. The van der Waals surface area contributed by atoms with Gasteiger partial charge in [-0.3, -0.25) is 9.80 Å². The number of carbonyl (C=O) groups is 1. The lowest BCUT2D eigenvalue weighted by atomic mass is 9.84. The van der Waals surface area contributed by atoms with Crippen LogP contribution in [0.3, 0.4) is 0 Å². The molecule has 2 fully saturated rings. The minimum absolute atomic E-state index is 0.0141. The van der Waals surface area contributed by atoms with E-state index in [1.807, 2.05) is 15.9 Å². The smallest absolute Gasteiger partial charge is 0.327 e. The highest BCUT2D eigenvalue weighted by Crippen LogP contribution is 2.36. The molecule has 1 aliphatic carbocycles. The molecule has 148 valence electrons. The zero-order valence-electron chi connectivity index (χ0n) is 16.1. The summed E-state index contributed by atoms with van der Waals surface area (Å²) in [6.45, 7) is 3.36. The number of aliphatic imine (C=N–C) groups is 1. The summed E-state index contributed by atoms with van der Waals surface area (Å²) >= 11 is 0. The van der Waals surface area contributed by atoms with Crippen LogP contribution in [0.5, 0.6) is 0 Å². The van der Waals surface area contributed by atoms with Crippen molar-refractivity contribution in [3.05, 3.63) is 47.2 Å². The molecule has 0 spiro atoms. The third-order valence-corrected chi connectivity index (χ3v) is 6.15. The highest BCUT2D eigenvalue weighted by atomic mass is 19.1. The number of urea groups is 1. The highest BCUT2D eigenvalue weighted by molar-refractivity contribution is 5.91. The summed E-state index contributed by atoms with van der Waals surface area (Å²) in [7, 11) is 0. The van der Waals surface area contributed by atoms with Crippen LogP contribution < -0.4 is 10.6 Å². The van der Waals surface area contributed by atoms with Gasteiger partial charge in [-0.2, -0.15) is 0 Å². The lowest BCUT2D eigenvalue weighted by molar-refractivity contribution is 0.146. The average molecular weight is 383 g/mol. The molecule has 7 heteroatoms. The molecule has 3 aliphatic heterocycles. The molecule has 4 aliphatic rings. The number of amides is 2. The molecule has 5 rings (SSSR count). The summed E-state index contributed by atoms with van der Waals surface area (Å²) in [6.07, 6.45) is 4.92. The normalized spacial score (nSPS) is 26.5. The van der Waals surface area contributed by atoms with Crippen molar-refractivity contribution in [1.29, 1.82) is 0 Å². The van der Waals surface area contributed by atoms with Crippen molar-refractivity contribution in [2.24, 2.45) is 10.9 Å². The van der Waals surface area contributed by atoms with E-state index in [4.69, 9.17) is 4.99 Å². The van der Waals surface area contributed by atoms with Gasteiger partial charge >= 0.3 is 6.03 Å². The summed E-state index contributed by atoms with van der Waals surface area (Å²) in [5.41, 5.74) is 1.93. The first-order valence-corrected chi connectivity index (χ1v) is 10.3. The zero-order chi connectivity index (χ0) is 19.3. The Kier molecular flexibility index (Phi) is 4.25. The van der Waals surface area contributed by atoms with Gasteiger partial charge in [-0.15, -0.1) is 0 Å². The van der Waals surface area contributed by atoms with Gasteiger partial charge in [-0.05, 0) is 43.4 Å². The molecular weight excluding hydrogens is 357 g/mol. The van der Waals surface area contributed by atoms with Crippen molar-refractivity contribution in [1.82, 2.24) is 20.4 Å². The van der Waals surface area contributed by atoms with E-state index in [0.29, 0.717) is 25.4 Å². The Hall–Kier alpha value is -2.57. The van der Waals surface area contributed by atoms with Crippen LogP contribution in [0, 0.1) is 11.7 Å². The SMILES string of the molecule is CCCN1C(=O)N2CC(Cc3cccc(F)c3)NC2=C2NC(C3CCC3)=NC21. The number of hydrogen-bond acceptors (Lipinski definition) is 4. The lowest BCUT2D eigenvalue weighted by Crippen LogP contribution is -2.53. The highest BCUT2D eigenvalue weighted by Gasteiger charge is 2.47. The monoisotopic (exact) mass is 383 g/mol.